The van der Waals surface area contributed by atoms with Gasteiger partial charge in [0.1, 0.15) is 5.82 Å². The minimum Gasteiger partial charge on any atom is -0.326 e. The maximum atomic E-state index is 5.91. The molecule has 3 aromatic rings. The van der Waals surface area contributed by atoms with Crippen LogP contribution in [0.4, 0.5) is 0 Å². The van der Waals surface area contributed by atoms with Gasteiger partial charge in [-0.2, -0.15) is 4.68 Å². The summed E-state index contributed by atoms with van der Waals surface area (Å²) in [4.78, 5) is 9.30. The summed E-state index contributed by atoms with van der Waals surface area (Å²) in [6.45, 7) is 4.55. The molecule has 5 heteroatoms. The first-order valence-electron chi connectivity index (χ1n) is 7.30. The number of aryl methyl sites for hydroxylation is 2. The molecule has 0 amide bonds. The van der Waals surface area contributed by atoms with Crippen LogP contribution < -0.4 is 5.73 Å². The van der Waals surface area contributed by atoms with Gasteiger partial charge in [0.15, 0.2) is 11.6 Å². The second kappa shape index (κ2) is 5.61. The number of aromatic nitrogens is 4. The summed E-state index contributed by atoms with van der Waals surface area (Å²) < 4.78 is 1.84. The molecule has 0 bridgehead atoms. The summed E-state index contributed by atoms with van der Waals surface area (Å²) >= 11 is 0. The van der Waals surface area contributed by atoms with Crippen LogP contribution in [-0.2, 0) is 19.4 Å². The fraction of sp³-hybridized carbons (Fsp3) is 0.312. The van der Waals surface area contributed by atoms with Crippen molar-refractivity contribution in [2.24, 2.45) is 5.73 Å². The monoisotopic (exact) mass is 281 g/mol. The summed E-state index contributed by atoms with van der Waals surface area (Å²) in [6.07, 6.45) is 1.62. The van der Waals surface area contributed by atoms with Crippen molar-refractivity contribution >= 4 is 10.9 Å². The van der Waals surface area contributed by atoms with Crippen molar-refractivity contribution in [1.82, 2.24) is 19.7 Å². The molecular formula is C16H19N5. The lowest BCUT2D eigenvalue weighted by molar-refractivity contribution is 0.760. The minimum absolute atomic E-state index is 0.428. The van der Waals surface area contributed by atoms with Gasteiger partial charge in [0, 0.05) is 30.3 Å². The highest BCUT2D eigenvalue weighted by Gasteiger charge is 2.14. The molecule has 2 aromatic heterocycles. The lowest BCUT2D eigenvalue weighted by atomic mass is 10.1. The van der Waals surface area contributed by atoms with E-state index in [-0.39, 0.29) is 0 Å². The maximum Gasteiger partial charge on any atom is 0.160 e. The van der Waals surface area contributed by atoms with E-state index < -0.39 is 0 Å². The number of para-hydroxylation sites is 1. The molecule has 21 heavy (non-hydrogen) atoms. The standard InChI is InChI=1S/C16H19N5/c1-3-14-19-15(4-2)21(20-14)16-12(10-17)9-11-7-5-6-8-13(11)18-16/h5-9H,3-4,10,17H2,1-2H3. The number of pyridine rings is 1. The van der Waals surface area contributed by atoms with Gasteiger partial charge in [-0.1, -0.05) is 32.0 Å². The van der Waals surface area contributed by atoms with Crippen molar-refractivity contribution in [2.45, 2.75) is 33.2 Å². The number of hydrogen-bond acceptors (Lipinski definition) is 4. The molecule has 0 saturated carbocycles. The van der Waals surface area contributed by atoms with Gasteiger partial charge in [0.2, 0.25) is 0 Å². The zero-order valence-electron chi connectivity index (χ0n) is 12.4. The van der Waals surface area contributed by atoms with Crippen LogP contribution in [-0.4, -0.2) is 19.7 Å². The van der Waals surface area contributed by atoms with Crippen molar-refractivity contribution in [2.75, 3.05) is 0 Å². The molecule has 2 heterocycles. The van der Waals surface area contributed by atoms with E-state index in [1.807, 2.05) is 28.9 Å². The zero-order valence-corrected chi connectivity index (χ0v) is 12.4. The average Bonchev–Trinajstić information content (AvgIpc) is 2.96. The van der Waals surface area contributed by atoms with Gasteiger partial charge in [-0.15, -0.1) is 5.10 Å². The Hall–Kier alpha value is -2.27. The van der Waals surface area contributed by atoms with Crippen molar-refractivity contribution in [3.05, 3.63) is 47.5 Å². The van der Waals surface area contributed by atoms with Crippen LogP contribution in [0.5, 0.6) is 0 Å². The van der Waals surface area contributed by atoms with Crippen LogP contribution >= 0.6 is 0 Å². The van der Waals surface area contributed by atoms with Crippen LogP contribution in [0.25, 0.3) is 16.7 Å². The van der Waals surface area contributed by atoms with E-state index in [2.05, 4.69) is 30.0 Å². The lowest BCUT2D eigenvalue weighted by Gasteiger charge is -2.10. The van der Waals surface area contributed by atoms with E-state index >= 15 is 0 Å². The number of hydrogen-bond donors (Lipinski definition) is 1. The number of benzene rings is 1. The van der Waals surface area contributed by atoms with Gasteiger partial charge >= 0.3 is 0 Å². The van der Waals surface area contributed by atoms with Gasteiger partial charge in [-0.3, -0.25) is 0 Å². The Balaban J connectivity index is 2.25. The lowest BCUT2D eigenvalue weighted by Crippen LogP contribution is -2.11. The molecule has 0 unspecified atom stereocenters. The maximum absolute atomic E-state index is 5.91. The fourth-order valence-corrected chi connectivity index (χ4v) is 2.42. The highest BCUT2D eigenvalue weighted by Crippen LogP contribution is 2.20. The van der Waals surface area contributed by atoms with E-state index in [1.54, 1.807) is 0 Å². The van der Waals surface area contributed by atoms with E-state index in [0.29, 0.717) is 6.54 Å². The normalized spacial score (nSPS) is 11.2. The zero-order chi connectivity index (χ0) is 14.8. The summed E-state index contributed by atoms with van der Waals surface area (Å²) in [5, 5.41) is 5.67. The topological polar surface area (TPSA) is 69.6 Å². The molecule has 1 aromatic carbocycles. The Kier molecular flexibility index (Phi) is 3.66. The van der Waals surface area contributed by atoms with Crippen molar-refractivity contribution in [3.63, 3.8) is 0 Å². The predicted molar refractivity (Wildman–Crippen MR) is 83.3 cm³/mol. The largest absolute Gasteiger partial charge is 0.326 e. The van der Waals surface area contributed by atoms with Gasteiger partial charge in [0.05, 0.1) is 5.52 Å². The second-order valence-corrected chi connectivity index (χ2v) is 4.93. The van der Waals surface area contributed by atoms with Crippen LogP contribution in [0.1, 0.15) is 31.1 Å². The molecule has 2 N–H and O–H groups in total. The van der Waals surface area contributed by atoms with Crippen molar-refractivity contribution < 1.29 is 0 Å². The number of nitrogens with two attached hydrogens (primary N) is 1. The first-order valence-corrected chi connectivity index (χ1v) is 7.30. The van der Waals surface area contributed by atoms with Gasteiger partial charge in [-0.25, -0.2) is 9.97 Å². The Morgan fingerprint density at radius 1 is 1.10 bits per heavy atom. The van der Waals surface area contributed by atoms with E-state index in [0.717, 1.165) is 46.8 Å². The Morgan fingerprint density at radius 2 is 1.90 bits per heavy atom. The molecule has 0 aliphatic rings. The summed E-state index contributed by atoms with van der Waals surface area (Å²) in [6, 6.07) is 10.1. The Morgan fingerprint density at radius 3 is 2.62 bits per heavy atom. The number of rotatable bonds is 4. The quantitative estimate of drug-likeness (QED) is 0.797. The second-order valence-electron chi connectivity index (χ2n) is 4.93. The molecule has 0 aliphatic carbocycles. The van der Waals surface area contributed by atoms with Crippen molar-refractivity contribution in [3.8, 4) is 5.82 Å². The van der Waals surface area contributed by atoms with E-state index in [1.165, 1.54) is 0 Å². The number of fused-ring (bicyclic) bond motifs is 1. The molecule has 0 radical (unpaired) electrons. The first-order chi connectivity index (χ1) is 10.3. The van der Waals surface area contributed by atoms with Gasteiger partial charge < -0.3 is 5.73 Å². The van der Waals surface area contributed by atoms with Crippen LogP contribution in [0.3, 0.4) is 0 Å². The van der Waals surface area contributed by atoms with Gasteiger partial charge in [0.25, 0.3) is 0 Å². The Labute approximate surface area is 123 Å². The molecule has 0 aliphatic heterocycles. The van der Waals surface area contributed by atoms with Crippen LogP contribution in [0, 0.1) is 0 Å². The van der Waals surface area contributed by atoms with Gasteiger partial charge in [-0.05, 0) is 12.1 Å². The number of nitrogens with zero attached hydrogens (tertiary/aromatic N) is 4. The summed E-state index contributed by atoms with van der Waals surface area (Å²) in [5.74, 6) is 2.55. The fourth-order valence-electron chi connectivity index (χ4n) is 2.42. The molecular weight excluding hydrogens is 262 g/mol. The van der Waals surface area contributed by atoms with E-state index in [4.69, 9.17) is 10.7 Å². The molecule has 5 nitrogen and oxygen atoms in total. The first kappa shape index (κ1) is 13.7. The smallest absolute Gasteiger partial charge is 0.160 e. The van der Waals surface area contributed by atoms with Crippen LogP contribution in [0.2, 0.25) is 0 Å². The predicted octanol–water partition coefficient (Wildman–Crippen LogP) is 2.40. The van der Waals surface area contributed by atoms with E-state index in [9.17, 15) is 0 Å². The third-order valence-corrected chi connectivity index (χ3v) is 3.55. The van der Waals surface area contributed by atoms with Crippen molar-refractivity contribution in [1.29, 1.82) is 0 Å². The molecule has 108 valence electrons. The average molecular weight is 281 g/mol. The molecule has 0 spiro atoms. The highest BCUT2D eigenvalue weighted by molar-refractivity contribution is 5.80. The third kappa shape index (κ3) is 2.40. The molecule has 0 fully saturated rings. The van der Waals surface area contributed by atoms with Crippen LogP contribution in [0.15, 0.2) is 30.3 Å². The SMILES string of the molecule is CCc1nc(CC)n(-c2nc3ccccc3cc2CN)n1. The summed E-state index contributed by atoms with van der Waals surface area (Å²) in [5.41, 5.74) is 7.84. The summed E-state index contributed by atoms with van der Waals surface area (Å²) in [7, 11) is 0. The Bertz CT molecular complexity index is 775. The highest BCUT2D eigenvalue weighted by atomic mass is 15.4. The molecule has 3 rings (SSSR count). The molecule has 0 saturated heterocycles. The minimum atomic E-state index is 0.428. The molecule has 0 atom stereocenters. The third-order valence-electron chi connectivity index (χ3n) is 3.55.